The Morgan fingerprint density at radius 1 is 1.06 bits per heavy atom. The van der Waals surface area contributed by atoms with E-state index in [-0.39, 0.29) is 28.9 Å². The van der Waals surface area contributed by atoms with E-state index in [1.807, 2.05) is 31.2 Å². The fraction of sp³-hybridized carbons (Fsp3) is 0.304. The maximum Gasteiger partial charge on any atom is 0.238 e. The molecule has 1 aliphatic carbocycles. The molecule has 1 unspecified atom stereocenters. The Morgan fingerprint density at radius 2 is 1.77 bits per heavy atom. The van der Waals surface area contributed by atoms with Gasteiger partial charge in [0.15, 0.2) is 5.78 Å². The van der Waals surface area contributed by atoms with Gasteiger partial charge in [-0.1, -0.05) is 18.2 Å². The molecule has 1 amide bonds. The van der Waals surface area contributed by atoms with Gasteiger partial charge < -0.3 is 4.74 Å². The van der Waals surface area contributed by atoms with Crippen LogP contribution in [0.5, 0.6) is 5.75 Å². The van der Waals surface area contributed by atoms with E-state index in [2.05, 4.69) is 0 Å². The van der Waals surface area contributed by atoms with Crippen molar-refractivity contribution in [3.05, 3.63) is 65.4 Å². The van der Waals surface area contributed by atoms with E-state index < -0.39 is 10.0 Å². The minimum absolute atomic E-state index is 0.0295. The number of carbonyl (C=O) groups is 2. The van der Waals surface area contributed by atoms with Gasteiger partial charge in [0, 0.05) is 41.3 Å². The van der Waals surface area contributed by atoms with Gasteiger partial charge in [-0.25, -0.2) is 13.6 Å². The van der Waals surface area contributed by atoms with Gasteiger partial charge in [-0.05, 0) is 50.1 Å². The average Bonchev–Trinajstić information content (AvgIpc) is 2.73. The highest BCUT2D eigenvalue weighted by molar-refractivity contribution is 7.89. The molecular formula is C23H24N2O5S. The molecule has 2 aromatic carbocycles. The number of primary sulfonamides is 1. The molecule has 2 N–H and O–H groups in total. The van der Waals surface area contributed by atoms with Crippen molar-refractivity contribution in [1.29, 1.82) is 0 Å². The summed E-state index contributed by atoms with van der Waals surface area (Å²) in [6.07, 6.45) is 1.83. The second-order valence-corrected chi connectivity index (χ2v) is 9.19. The lowest BCUT2D eigenvalue weighted by atomic mass is 9.77. The van der Waals surface area contributed by atoms with Crippen LogP contribution in [0.15, 0.2) is 64.7 Å². The molecule has 0 saturated heterocycles. The maximum absolute atomic E-state index is 13.3. The summed E-state index contributed by atoms with van der Waals surface area (Å²) < 4.78 is 28.9. The van der Waals surface area contributed by atoms with Crippen LogP contribution >= 0.6 is 0 Å². The normalized spacial score (nSPS) is 19.4. The molecular weight excluding hydrogens is 416 g/mol. The Labute approximate surface area is 181 Å². The van der Waals surface area contributed by atoms with E-state index in [0.29, 0.717) is 48.6 Å². The van der Waals surface area contributed by atoms with Gasteiger partial charge in [0.2, 0.25) is 15.9 Å². The molecule has 7 nitrogen and oxygen atoms in total. The third-order valence-electron chi connectivity index (χ3n) is 5.69. The van der Waals surface area contributed by atoms with Crippen LogP contribution in [0.2, 0.25) is 0 Å². The Hall–Kier alpha value is -2.97. The fourth-order valence-corrected chi connectivity index (χ4v) is 4.91. The summed E-state index contributed by atoms with van der Waals surface area (Å²) in [7, 11) is -3.83. The summed E-state index contributed by atoms with van der Waals surface area (Å²) in [5.41, 5.74) is 2.70. The van der Waals surface area contributed by atoms with Crippen LogP contribution in [0.25, 0.3) is 0 Å². The van der Waals surface area contributed by atoms with Gasteiger partial charge in [-0.2, -0.15) is 0 Å². The van der Waals surface area contributed by atoms with Gasteiger partial charge in [-0.15, -0.1) is 0 Å². The van der Waals surface area contributed by atoms with E-state index >= 15 is 0 Å². The molecule has 4 rings (SSSR count). The smallest absolute Gasteiger partial charge is 0.238 e. The number of ether oxygens (including phenoxy) is 1. The van der Waals surface area contributed by atoms with Crippen molar-refractivity contribution in [2.75, 3.05) is 11.5 Å². The van der Waals surface area contributed by atoms with Crippen molar-refractivity contribution in [2.24, 2.45) is 5.14 Å². The number of amides is 1. The van der Waals surface area contributed by atoms with Crippen LogP contribution in [0.3, 0.4) is 0 Å². The zero-order valence-corrected chi connectivity index (χ0v) is 18.0. The van der Waals surface area contributed by atoms with E-state index in [9.17, 15) is 18.0 Å². The summed E-state index contributed by atoms with van der Waals surface area (Å²) in [4.78, 5) is 27.8. The van der Waals surface area contributed by atoms with Gasteiger partial charge in [0.25, 0.3) is 0 Å². The SMILES string of the molecule is CCOc1ccccc1C1CC(=O)N(c2ccc(S(N)(=O)=O)cc2)C2=C1C(=O)CCC2. The first-order chi connectivity index (χ1) is 14.8. The number of ketones is 1. The number of para-hydroxylation sites is 1. The van der Waals surface area contributed by atoms with E-state index in [1.165, 1.54) is 12.1 Å². The van der Waals surface area contributed by atoms with Crippen molar-refractivity contribution < 1.29 is 22.7 Å². The highest BCUT2D eigenvalue weighted by atomic mass is 32.2. The summed E-state index contributed by atoms with van der Waals surface area (Å²) >= 11 is 0. The fourth-order valence-electron chi connectivity index (χ4n) is 4.40. The molecule has 0 saturated carbocycles. The number of allylic oxidation sites excluding steroid dienone is 2. The Kier molecular flexibility index (Phi) is 5.68. The summed E-state index contributed by atoms with van der Waals surface area (Å²) in [6, 6.07) is 13.4. The highest BCUT2D eigenvalue weighted by Gasteiger charge is 2.40. The van der Waals surface area contributed by atoms with Gasteiger partial charge in [0.05, 0.1) is 11.5 Å². The predicted octanol–water partition coefficient (Wildman–Crippen LogP) is 3.26. The molecule has 1 aliphatic heterocycles. The molecule has 0 bridgehead atoms. The summed E-state index contributed by atoms with van der Waals surface area (Å²) in [5.74, 6) is 0.210. The quantitative estimate of drug-likeness (QED) is 0.768. The topological polar surface area (TPSA) is 107 Å². The number of Topliss-reactive ketones (excluding diaryl/α,β-unsaturated/α-hetero) is 1. The van der Waals surface area contributed by atoms with Gasteiger partial charge >= 0.3 is 0 Å². The first-order valence-electron chi connectivity index (χ1n) is 10.2. The largest absolute Gasteiger partial charge is 0.494 e. The number of hydrogen-bond donors (Lipinski definition) is 1. The molecule has 0 spiro atoms. The number of hydrogen-bond acceptors (Lipinski definition) is 5. The van der Waals surface area contributed by atoms with Crippen molar-refractivity contribution in [2.45, 2.75) is 43.4 Å². The first-order valence-corrected chi connectivity index (χ1v) is 11.8. The van der Waals surface area contributed by atoms with Crippen LogP contribution < -0.4 is 14.8 Å². The number of rotatable bonds is 5. The van der Waals surface area contributed by atoms with Gasteiger partial charge in [0.1, 0.15) is 5.75 Å². The van der Waals surface area contributed by atoms with Crippen LogP contribution in [-0.2, 0) is 19.6 Å². The third-order valence-corrected chi connectivity index (χ3v) is 6.62. The second-order valence-electron chi connectivity index (χ2n) is 7.63. The Morgan fingerprint density at radius 3 is 2.45 bits per heavy atom. The van der Waals surface area contributed by atoms with Crippen molar-refractivity contribution in [3.8, 4) is 5.75 Å². The van der Waals surface area contributed by atoms with Crippen LogP contribution in [-0.4, -0.2) is 26.7 Å². The molecule has 1 heterocycles. The number of carbonyl (C=O) groups excluding carboxylic acids is 2. The molecule has 1 atom stereocenters. The Balaban J connectivity index is 1.82. The third kappa shape index (κ3) is 4.00. The van der Waals surface area contributed by atoms with Crippen molar-refractivity contribution in [1.82, 2.24) is 0 Å². The Bertz CT molecular complexity index is 1170. The molecule has 0 radical (unpaired) electrons. The minimum Gasteiger partial charge on any atom is -0.494 e. The molecule has 0 aromatic heterocycles. The highest BCUT2D eigenvalue weighted by Crippen LogP contribution is 2.45. The van der Waals surface area contributed by atoms with Crippen LogP contribution in [0.1, 0.15) is 44.1 Å². The standard InChI is InChI=1S/C23H24N2O5S/c1-2-30-21-9-4-3-6-17(21)18-14-22(27)25(19-7-5-8-20(26)23(18)19)15-10-12-16(13-11-15)31(24,28)29/h3-4,6,9-13,18H,2,5,7-8,14H2,1H3,(H2,24,28,29). The number of nitrogens with zero attached hydrogens (tertiary/aromatic N) is 1. The van der Waals surface area contributed by atoms with Gasteiger partial charge in [-0.3, -0.25) is 14.5 Å². The molecule has 8 heteroatoms. The van der Waals surface area contributed by atoms with Crippen molar-refractivity contribution >= 4 is 27.4 Å². The molecule has 162 valence electrons. The maximum atomic E-state index is 13.3. The molecule has 0 fully saturated rings. The number of benzene rings is 2. The van der Waals surface area contributed by atoms with Crippen LogP contribution in [0, 0.1) is 0 Å². The van der Waals surface area contributed by atoms with E-state index in [1.54, 1.807) is 17.0 Å². The lowest BCUT2D eigenvalue weighted by Crippen LogP contribution is -2.40. The lowest BCUT2D eigenvalue weighted by Gasteiger charge is -2.38. The lowest BCUT2D eigenvalue weighted by molar-refractivity contribution is -0.119. The molecule has 31 heavy (non-hydrogen) atoms. The van der Waals surface area contributed by atoms with E-state index in [4.69, 9.17) is 9.88 Å². The van der Waals surface area contributed by atoms with Crippen LogP contribution in [0.4, 0.5) is 5.69 Å². The number of sulfonamides is 1. The summed E-state index contributed by atoms with van der Waals surface area (Å²) in [5, 5.41) is 5.18. The second kappa shape index (κ2) is 8.28. The zero-order chi connectivity index (χ0) is 22.2. The number of nitrogens with two attached hydrogens (primary N) is 1. The minimum atomic E-state index is -3.83. The zero-order valence-electron chi connectivity index (χ0n) is 17.2. The molecule has 2 aromatic rings. The first kappa shape index (κ1) is 21.3. The summed E-state index contributed by atoms with van der Waals surface area (Å²) in [6.45, 7) is 2.38. The predicted molar refractivity (Wildman–Crippen MR) is 116 cm³/mol. The monoisotopic (exact) mass is 440 g/mol. The van der Waals surface area contributed by atoms with Crippen molar-refractivity contribution in [3.63, 3.8) is 0 Å². The van der Waals surface area contributed by atoms with E-state index in [0.717, 1.165) is 5.56 Å². The number of anilines is 1. The average molecular weight is 441 g/mol. The molecule has 2 aliphatic rings.